The van der Waals surface area contributed by atoms with Crippen molar-refractivity contribution in [1.82, 2.24) is 4.98 Å². The van der Waals surface area contributed by atoms with Crippen molar-refractivity contribution in [3.8, 4) is 11.6 Å². The van der Waals surface area contributed by atoms with Crippen LogP contribution in [0.4, 0.5) is 0 Å². The SMILES string of the molecule is C[C@@H](N)c1ccc(OCCOc2ccccc2)nc1. The fourth-order valence-electron chi connectivity index (χ4n) is 1.57. The van der Waals surface area contributed by atoms with Gasteiger partial charge in [-0.25, -0.2) is 4.98 Å². The van der Waals surface area contributed by atoms with Crippen LogP contribution in [0, 0.1) is 0 Å². The molecule has 0 unspecified atom stereocenters. The lowest BCUT2D eigenvalue weighted by molar-refractivity contribution is 0.212. The lowest BCUT2D eigenvalue weighted by Crippen LogP contribution is -2.10. The number of rotatable bonds is 6. The minimum absolute atomic E-state index is 0.0111. The van der Waals surface area contributed by atoms with Crippen molar-refractivity contribution in [2.24, 2.45) is 5.73 Å². The standard InChI is InChI=1S/C15H18N2O2/c1-12(16)13-7-8-15(17-11-13)19-10-9-18-14-5-3-2-4-6-14/h2-8,11-12H,9-10,16H2,1H3/t12-/m1/s1. The van der Waals surface area contributed by atoms with E-state index in [4.69, 9.17) is 15.2 Å². The number of ether oxygens (including phenoxy) is 2. The molecule has 2 N–H and O–H groups in total. The summed E-state index contributed by atoms with van der Waals surface area (Å²) in [5.74, 6) is 1.42. The molecule has 0 saturated heterocycles. The highest BCUT2D eigenvalue weighted by Gasteiger charge is 2.01. The van der Waals surface area contributed by atoms with Crippen molar-refractivity contribution < 1.29 is 9.47 Å². The summed E-state index contributed by atoms with van der Waals surface area (Å²) in [6, 6.07) is 13.4. The number of nitrogens with two attached hydrogens (primary N) is 1. The van der Waals surface area contributed by atoms with Crippen LogP contribution in [0.3, 0.4) is 0 Å². The normalized spacial score (nSPS) is 11.9. The van der Waals surface area contributed by atoms with Crippen LogP contribution in [0.25, 0.3) is 0 Å². The van der Waals surface area contributed by atoms with Crippen molar-refractivity contribution in [2.45, 2.75) is 13.0 Å². The predicted octanol–water partition coefficient (Wildman–Crippen LogP) is 2.56. The maximum atomic E-state index is 5.75. The van der Waals surface area contributed by atoms with E-state index in [1.165, 1.54) is 0 Å². The highest BCUT2D eigenvalue weighted by atomic mass is 16.5. The summed E-state index contributed by atoms with van der Waals surface area (Å²) >= 11 is 0. The molecule has 0 aliphatic rings. The largest absolute Gasteiger partial charge is 0.490 e. The van der Waals surface area contributed by atoms with E-state index in [-0.39, 0.29) is 6.04 Å². The molecule has 100 valence electrons. The molecule has 0 aliphatic heterocycles. The second kappa shape index (κ2) is 6.75. The minimum Gasteiger partial charge on any atom is -0.490 e. The van der Waals surface area contributed by atoms with Gasteiger partial charge in [-0.2, -0.15) is 0 Å². The summed E-state index contributed by atoms with van der Waals surface area (Å²) < 4.78 is 11.0. The van der Waals surface area contributed by atoms with Gasteiger partial charge in [0.1, 0.15) is 19.0 Å². The van der Waals surface area contributed by atoms with E-state index in [0.29, 0.717) is 19.1 Å². The topological polar surface area (TPSA) is 57.4 Å². The molecule has 1 aromatic carbocycles. The molecule has 0 radical (unpaired) electrons. The molecule has 19 heavy (non-hydrogen) atoms. The van der Waals surface area contributed by atoms with Gasteiger partial charge in [-0.05, 0) is 24.6 Å². The van der Waals surface area contributed by atoms with Gasteiger partial charge in [0.2, 0.25) is 5.88 Å². The van der Waals surface area contributed by atoms with Crippen molar-refractivity contribution in [3.05, 3.63) is 54.2 Å². The van der Waals surface area contributed by atoms with Crippen LogP contribution < -0.4 is 15.2 Å². The second-order valence-electron chi connectivity index (χ2n) is 4.23. The molecule has 2 rings (SSSR count). The van der Waals surface area contributed by atoms with E-state index in [9.17, 15) is 0 Å². The van der Waals surface area contributed by atoms with Crippen LogP contribution in [0.5, 0.6) is 11.6 Å². The molecule has 0 fully saturated rings. The monoisotopic (exact) mass is 258 g/mol. The van der Waals surface area contributed by atoms with Gasteiger partial charge in [-0.3, -0.25) is 0 Å². The van der Waals surface area contributed by atoms with Gasteiger partial charge in [0.15, 0.2) is 0 Å². The van der Waals surface area contributed by atoms with E-state index >= 15 is 0 Å². The molecule has 4 heteroatoms. The molecule has 1 aromatic heterocycles. The Morgan fingerprint density at radius 1 is 1.05 bits per heavy atom. The smallest absolute Gasteiger partial charge is 0.213 e. The van der Waals surface area contributed by atoms with Gasteiger partial charge in [0.25, 0.3) is 0 Å². The lowest BCUT2D eigenvalue weighted by atomic mass is 10.2. The third kappa shape index (κ3) is 4.26. The molecule has 1 atom stereocenters. The maximum absolute atomic E-state index is 5.75. The number of hydrogen-bond donors (Lipinski definition) is 1. The molecule has 0 amide bonds. The van der Waals surface area contributed by atoms with E-state index in [0.717, 1.165) is 11.3 Å². The highest BCUT2D eigenvalue weighted by molar-refractivity contribution is 5.21. The van der Waals surface area contributed by atoms with Crippen LogP contribution >= 0.6 is 0 Å². The Kier molecular flexibility index (Phi) is 4.75. The number of para-hydroxylation sites is 1. The lowest BCUT2D eigenvalue weighted by Gasteiger charge is -2.09. The number of hydrogen-bond acceptors (Lipinski definition) is 4. The van der Waals surface area contributed by atoms with Crippen molar-refractivity contribution in [3.63, 3.8) is 0 Å². The molecule has 0 bridgehead atoms. The average Bonchev–Trinajstić information content (AvgIpc) is 2.45. The number of nitrogens with zero attached hydrogens (tertiary/aromatic N) is 1. The zero-order valence-electron chi connectivity index (χ0n) is 11.0. The Hall–Kier alpha value is -2.07. The Balaban J connectivity index is 1.74. The molecular weight excluding hydrogens is 240 g/mol. The fraction of sp³-hybridized carbons (Fsp3) is 0.267. The average molecular weight is 258 g/mol. The van der Waals surface area contributed by atoms with Crippen LogP contribution in [0.2, 0.25) is 0 Å². The van der Waals surface area contributed by atoms with Gasteiger partial charge < -0.3 is 15.2 Å². The van der Waals surface area contributed by atoms with E-state index in [1.807, 2.05) is 49.4 Å². The number of aromatic nitrogens is 1. The Bertz CT molecular complexity index is 483. The molecular formula is C15H18N2O2. The van der Waals surface area contributed by atoms with Crippen molar-refractivity contribution >= 4 is 0 Å². The fourth-order valence-corrected chi connectivity index (χ4v) is 1.57. The van der Waals surface area contributed by atoms with Gasteiger partial charge in [0.05, 0.1) is 0 Å². The third-order valence-corrected chi connectivity index (χ3v) is 2.63. The molecule has 0 spiro atoms. The van der Waals surface area contributed by atoms with Crippen LogP contribution in [0.15, 0.2) is 48.7 Å². The zero-order chi connectivity index (χ0) is 13.5. The van der Waals surface area contributed by atoms with Crippen LogP contribution in [-0.2, 0) is 0 Å². The first-order chi connectivity index (χ1) is 9.25. The number of pyridine rings is 1. The molecule has 1 heterocycles. The Labute approximate surface area is 113 Å². The van der Waals surface area contributed by atoms with E-state index < -0.39 is 0 Å². The van der Waals surface area contributed by atoms with Crippen LogP contribution in [-0.4, -0.2) is 18.2 Å². The van der Waals surface area contributed by atoms with Crippen LogP contribution in [0.1, 0.15) is 18.5 Å². The summed E-state index contributed by atoms with van der Waals surface area (Å²) in [4.78, 5) is 4.19. The second-order valence-corrected chi connectivity index (χ2v) is 4.23. The molecule has 0 aliphatic carbocycles. The first-order valence-electron chi connectivity index (χ1n) is 6.28. The summed E-state index contributed by atoms with van der Waals surface area (Å²) in [5.41, 5.74) is 6.74. The summed E-state index contributed by atoms with van der Waals surface area (Å²) in [5, 5.41) is 0. The van der Waals surface area contributed by atoms with Gasteiger partial charge in [-0.1, -0.05) is 24.3 Å². The highest BCUT2D eigenvalue weighted by Crippen LogP contribution is 2.12. The quantitative estimate of drug-likeness (QED) is 0.809. The summed E-state index contributed by atoms with van der Waals surface area (Å²) in [6.07, 6.45) is 1.73. The molecule has 0 saturated carbocycles. The first kappa shape index (κ1) is 13.4. The third-order valence-electron chi connectivity index (χ3n) is 2.63. The van der Waals surface area contributed by atoms with Crippen molar-refractivity contribution in [1.29, 1.82) is 0 Å². The number of benzene rings is 1. The first-order valence-corrected chi connectivity index (χ1v) is 6.28. The predicted molar refractivity (Wildman–Crippen MR) is 74.3 cm³/mol. The van der Waals surface area contributed by atoms with E-state index in [1.54, 1.807) is 6.20 Å². The summed E-state index contributed by atoms with van der Waals surface area (Å²) in [7, 11) is 0. The Morgan fingerprint density at radius 3 is 2.42 bits per heavy atom. The molecule has 4 nitrogen and oxygen atoms in total. The van der Waals surface area contributed by atoms with Gasteiger partial charge in [0, 0.05) is 18.3 Å². The summed E-state index contributed by atoms with van der Waals surface area (Å²) in [6.45, 7) is 2.87. The Morgan fingerprint density at radius 2 is 1.79 bits per heavy atom. The van der Waals surface area contributed by atoms with Crippen molar-refractivity contribution in [2.75, 3.05) is 13.2 Å². The zero-order valence-corrected chi connectivity index (χ0v) is 11.0. The minimum atomic E-state index is -0.0111. The molecule has 2 aromatic rings. The van der Waals surface area contributed by atoms with Gasteiger partial charge >= 0.3 is 0 Å². The van der Waals surface area contributed by atoms with Gasteiger partial charge in [-0.15, -0.1) is 0 Å². The maximum Gasteiger partial charge on any atom is 0.213 e. The van der Waals surface area contributed by atoms with E-state index in [2.05, 4.69) is 4.98 Å².